The summed E-state index contributed by atoms with van der Waals surface area (Å²) in [4.78, 5) is 21.7. The van der Waals surface area contributed by atoms with Crippen LogP contribution in [0.1, 0.15) is 33.3 Å². The molecule has 0 bridgehead atoms. The van der Waals surface area contributed by atoms with E-state index in [1.807, 2.05) is 44.2 Å². The molecular weight excluding hydrogens is 244 g/mol. The molecule has 0 atom stereocenters. The first-order chi connectivity index (χ1) is 8.83. The smallest absolute Gasteiger partial charge is 0.377 e. The lowest BCUT2D eigenvalue weighted by Gasteiger charge is -2.24. The molecule has 4 nitrogen and oxygen atoms in total. The molecule has 0 unspecified atom stereocenters. The fourth-order valence-electron chi connectivity index (χ4n) is 1.36. The summed E-state index contributed by atoms with van der Waals surface area (Å²) in [5.74, 6) is -0.795. The van der Waals surface area contributed by atoms with Crippen molar-refractivity contribution in [1.82, 2.24) is 0 Å². The number of benzene rings is 1. The lowest BCUT2D eigenvalue weighted by atomic mass is 9.99. The predicted octanol–water partition coefficient (Wildman–Crippen LogP) is 3.34. The van der Waals surface area contributed by atoms with Crippen molar-refractivity contribution >= 4 is 5.97 Å². The third-order valence-electron chi connectivity index (χ3n) is 2.39. The van der Waals surface area contributed by atoms with Crippen molar-refractivity contribution in [3.63, 3.8) is 0 Å². The number of hydrogen-bond donors (Lipinski definition) is 0. The second kappa shape index (κ2) is 6.38. The van der Waals surface area contributed by atoms with Crippen LogP contribution in [0.4, 0.5) is 0 Å². The summed E-state index contributed by atoms with van der Waals surface area (Å²) in [5, 5.41) is 0. The Morgan fingerprint density at radius 1 is 1.21 bits per heavy atom. The van der Waals surface area contributed by atoms with Crippen molar-refractivity contribution in [2.45, 2.75) is 39.4 Å². The molecule has 0 fully saturated rings. The lowest BCUT2D eigenvalue weighted by Crippen LogP contribution is -2.23. The Morgan fingerprint density at radius 2 is 1.79 bits per heavy atom. The Balaban J connectivity index is 2.56. The van der Waals surface area contributed by atoms with Crippen LogP contribution >= 0.6 is 0 Å². The van der Waals surface area contributed by atoms with Gasteiger partial charge in [-0.15, -0.1) is 0 Å². The molecule has 104 valence electrons. The Labute approximate surface area is 113 Å². The van der Waals surface area contributed by atoms with E-state index in [0.717, 1.165) is 5.56 Å². The average Bonchev–Trinajstić information content (AvgIpc) is 2.36. The van der Waals surface area contributed by atoms with Gasteiger partial charge in [-0.3, -0.25) is 0 Å². The molecule has 0 aliphatic rings. The van der Waals surface area contributed by atoms with Gasteiger partial charge in [-0.1, -0.05) is 30.3 Å². The van der Waals surface area contributed by atoms with Gasteiger partial charge in [0.2, 0.25) is 5.76 Å². The number of rotatable bonds is 6. The van der Waals surface area contributed by atoms with E-state index < -0.39 is 11.6 Å². The van der Waals surface area contributed by atoms with Crippen LogP contribution in [0.2, 0.25) is 0 Å². The van der Waals surface area contributed by atoms with Crippen LogP contribution < -0.4 is 0 Å². The lowest BCUT2D eigenvalue weighted by molar-refractivity contribution is -0.331. The summed E-state index contributed by atoms with van der Waals surface area (Å²) in [5.41, 5.74) is 0.238. The van der Waals surface area contributed by atoms with Gasteiger partial charge in [0.05, 0.1) is 6.10 Å². The second-order valence-corrected chi connectivity index (χ2v) is 4.92. The quantitative estimate of drug-likeness (QED) is 0.260. The number of ether oxygens (including phenoxy) is 1. The van der Waals surface area contributed by atoms with Crippen molar-refractivity contribution in [1.29, 1.82) is 0 Å². The molecule has 0 heterocycles. The van der Waals surface area contributed by atoms with Crippen molar-refractivity contribution < 1.29 is 19.3 Å². The van der Waals surface area contributed by atoms with Crippen molar-refractivity contribution in [2.24, 2.45) is 0 Å². The molecule has 1 aromatic rings. The molecule has 0 amide bonds. The summed E-state index contributed by atoms with van der Waals surface area (Å²) in [6.45, 7) is 10.7. The van der Waals surface area contributed by atoms with E-state index >= 15 is 0 Å². The summed E-state index contributed by atoms with van der Waals surface area (Å²) in [6, 6.07) is 9.56. The first-order valence-electron chi connectivity index (χ1n) is 6.14. The highest BCUT2D eigenvalue weighted by Gasteiger charge is 2.25. The van der Waals surface area contributed by atoms with Gasteiger partial charge < -0.3 is 9.62 Å². The minimum Gasteiger partial charge on any atom is -0.457 e. The van der Waals surface area contributed by atoms with Crippen LogP contribution in [-0.4, -0.2) is 12.1 Å². The Bertz CT molecular complexity index is 435. The molecule has 0 aliphatic heterocycles. The van der Waals surface area contributed by atoms with Gasteiger partial charge in [-0.2, -0.15) is 4.89 Å². The summed E-state index contributed by atoms with van der Waals surface area (Å²) < 4.78 is 4.94. The van der Waals surface area contributed by atoms with Gasteiger partial charge in [-0.25, -0.2) is 4.79 Å². The molecule has 0 radical (unpaired) electrons. The van der Waals surface area contributed by atoms with Gasteiger partial charge in [-0.05, 0) is 39.8 Å². The number of carbonyl (C=O) groups is 1. The van der Waals surface area contributed by atoms with Crippen molar-refractivity contribution in [3.05, 3.63) is 48.2 Å². The van der Waals surface area contributed by atoms with Crippen LogP contribution in [0.15, 0.2) is 42.7 Å². The topological polar surface area (TPSA) is 44.8 Å². The molecule has 4 heteroatoms. The minimum atomic E-state index is -0.692. The molecule has 0 aromatic heterocycles. The maximum Gasteiger partial charge on any atom is 0.377 e. The van der Waals surface area contributed by atoms with E-state index in [-0.39, 0.29) is 11.9 Å². The molecule has 0 spiro atoms. The van der Waals surface area contributed by atoms with E-state index in [4.69, 9.17) is 14.5 Å². The molecule has 1 rings (SSSR count). The average molecular weight is 264 g/mol. The Morgan fingerprint density at radius 3 is 2.32 bits per heavy atom. The fourth-order valence-corrected chi connectivity index (χ4v) is 1.36. The first-order valence-corrected chi connectivity index (χ1v) is 6.14. The largest absolute Gasteiger partial charge is 0.457 e. The SMILES string of the molecule is C=C(OOC(C)(C)c1ccccc1)C(=O)OC(C)C. The molecule has 0 saturated carbocycles. The van der Waals surface area contributed by atoms with Gasteiger partial charge in [0, 0.05) is 0 Å². The zero-order chi connectivity index (χ0) is 14.5. The van der Waals surface area contributed by atoms with E-state index in [2.05, 4.69) is 6.58 Å². The molecule has 0 aliphatic carbocycles. The summed E-state index contributed by atoms with van der Waals surface area (Å²) >= 11 is 0. The molecular formula is C15H20O4. The normalized spacial score (nSPS) is 11.2. The van der Waals surface area contributed by atoms with E-state index in [1.165, 1.54) is 0 Å². The monoisotopic (exact) mass is 264 g/mol. The first kappa shape index (κ1) is 15.2. The summed E-state index contributed by atoms with van der Waals surface area (Å²) in [7, 11) is 0. The van der Waals surface area contributed by atoms with E-state index in [0.29, 0.717) is 0 Å². The maximum atomic E-state index is 11.5. The highest BCUT2D eigenvalue weighted by molar-refractivity contribution is 5.85. The number of carbonyl (C=O) groups excluding carboxylic acids is 1. The van der Waals surface area contributed by atoms with Gasteiger partial charge in [0.25, 0.3) is 0 Å². The van der Waals surface area contributed by atoms with Crippen LogP contribution in [-0.2, 0) is 24.9 Å². The van der Waals surface area contributed by atoms with Crippen LogP contribution in [0, 0.1) is 0 Å². The van der Waals surface area contributed by atoms with Crippen LogP contribution in [0.25, 0.3) is 0 Å². The molecule has 0 saturated heterocycles. The third-order valence-corrected chi connectivity index (χ3v) is 2.39. The van der Waals surface area contributed by atoms with Gasteiger partial charge in [0.15, 0.2) is 0 Å². The Kier molecular flexibility index (Phi) is 5.12. The van der Waals surface area contributed by atoms with Crippen molar-refractivity contribution in [3.8, 4) is 0 Å². The van der Waals surface area contributed by atoms with E-state index in [1.54, 1.807) is 13.8 Å². The van der Waals surface area contributed by atoms with Gasteiger partial charge >= 0.3 is 5.97 Å². The number of esters is 1. The summed E-state index contributed by atoms with van der Waals surface area (Å²) in [6.07, 6.45) is -0.227. The van der Waals surface area contributed by atoms with Crippen LogP contribution in [0.3, 0.4) is 0 Å². The highest BCUT2D eigenvalue weighted by Crippen LogP contribution is 2.25. The highest BCUT2D eigenvalue weighted by atomic mass is 17.2. The van der Waals surface area contributed by atoms with Gasteiger partial charge in [0.1, 0.15) is 5.60 Å². The van der Waals surface area contributed by atoms with E-state index in [9.17, 15) is 4.79 Å². The number of hydrogen-bond acceptors (Lipinski definition) is 4. The standard InChI is InChI=1S/C15H20O4/c1-11(2)17-14(16)12(3)18-19-15(4,5)13-9-7-6-8-10-13/h6-11H,3H2,1-2,4-5H3. The zero-order valence-corrected chi connectivity index (χ0v) is 11.8. The second-order valence-electron chi connectivity index (χ2n) is 4.92. The predicted molar refractivity (Wildman–Crippen MR) is 72.0 cm³/mol. The molecule has 1 aromatic carbocycles. The fraction of sp³-hybridized carbons (Fsp3) is 0.400. The van der Waals surface area contributed by atoms with Crippen molar-refractivity contribution in [2.75, 3.05) is 0 Å². The third kappa shape index (κ3) is 4.75. The minimum absolute atomic E-state index is 0.169. The Hall–Kier alpha value is -1.81. The maximum absolute atomic E-state index is 11.5. The molecule has 19 heavy (non-hydrogen) atoms. The molecule has 0 N–H and O–H groups in total. The van der Waals surface area contributed by atoms with Crippen LogP contribution in [0.5, 0.6) is 0 Å². The zero-order valence-electron chi connectivity index (χ0n) is 11.8.